The van der Waals surface area contributed by atoms with Crippen molar-refractivity contribution in [1.29, 1.82) is 0 Å². The number of rotatable bonds is 24. The lowest BCUT2D eigenvalue weighted by Crippen LogP contribution is -2.32. The molecule has 2 aliphatic heterocycles. The van der Waals surface area contributed by atoms with Crippen LogP contribution in [0.1, 0.15) is 48.5 Å². The summed E-state index contributed by atoms with van der Waals surface area (Å²) in [7, 11) is 1.15. The summed E-state index contributed by atoms with van der Waals surface area (Å²) in [6.07, 6.45) is 4.59. The molecule has 2 aliphatic rings. The molecule has 0 unspecified atom stereocenters. The predicted molar refractivity (Wildman–Crippen MR) is 314 cm³/mol. The summed E-state index contributed by atoms with van der Waals surface area (Å²) in [5, 5.41) is 78.5. The Balaban J connectivity index is 1.31. The van der Waals surface area contributed by atoms with Gasteiger partial charge in [-0.2, -0.15) is 0 Å². The SMILES string of the molecule is COC(=O)[C@H](CC(=O)O)Nc1ccc(-c2c3nc(c(-c4ccc(N[C@@H](CC(=O)O)C(=O)O)cc4)c4ccc([nH]4)c(-c4ccc(N[C@@H](CC(=O)O)C(=O)O)cc4)c4nc(c(-c5ccc(N[C@@H](CC(=O)O)C(=O)O)cc5)c5ccc2[nH]5)C=C4)C=C3)cc1. The van der Waals surface area contributed by atoms with Crippen molar-refractivity contribution in [2.24, 2.45) is 0 Å². The first-order chi connectivity index (χ1) is 40.7. The van der Waals surface area contributed by atoms with E-state index in [0.29, 0.717) is 112 Å². The van der Waals surface area contributed by atoms with E-state index in [0.717, 1.165) is 7.11 Å². The number of carboxylic acid groups (broad SMARTS) is 7. The van der Waals surface area contributed by atoms with Crippen LogP contribution in [-0.2, 0) is 43.1 Å². The van der Waals surface area contributed by atoms with Crippen LogP contribution < -0.4 is 21.3 Å². The van der Waals surface area contributed by atoms with Gasteiger partial charge in [-0.25, -0.2) is 29.1 Å². The third-order valence-electron chi connectivity index (χ3n) is 13.7. The number of aromatic amines is 2. The van der Waals surface area contributed by atoms with Gasteiger partial charge in [0.1, 0.15) is 24.2 Å². The average Bonchev–Trinajstić information content (AvgIpc) is 2.20. The van der Waals surface area contributed by atoms with Crippen molar-refractivity contribution in [3.8, 4) is 44.5 Å². The van der Waals surface area contributed by atoms with E-state index in [4.69, 9.17) is 14.7 Å². The maximum atomic E-state index is 12.6. The summed E-state index contributed by atoms with van der Waals surface area (Å²) in [6.45, 7) is 0. The number of carboxylic acids is 7. The molecule has 3 aromatic heterocycles. The van der Waals surface area contributed by atoms with E-state index >= 15 is 0 Å². The number of hydrogen-bond acceptors (Lipinski definition) is 15. The van der Waals surface area contributed by atoms with Gasteiger partial charge in [-0.05, 0) is 119 Å². The zero-order valence-corrected chi connectivity index (χ0v) is 44.7. The molecule has 432 valence electrons. The number of carbonyl (C=O) groups is 8. The number of esters is 1. The van der Waals surface area contributed by atoms with Crippen molar-refractivity contribution in [2.75, 3.05) is 28.4 Å². The molecule has 4 aromatic carbocycles. The number of carbonyl (C=O) groups excluding carboxylic acids is 1. The number of anilines is 4. The number of hydrogen-bond donors (Lipinski definition) is 13. The molecule has 0 fully saturated rings. The first-order valence-electron chi connectivity index (χ1n) is 26.0. The fourth-order valence-electron chi connectivity index (χ4n) is 9.79. The number of fused-ring (bicyclic) bond motifs is 8. The van der Waals surface area contributed by atoms with Crippen LogP contribution in [0.3, 0.4) is 0 Å². The largest absolute Gasteiger partial charge is 0.481 e. The highest BCUT2D eigenvalue weighted by Crippen LogP contribution is 2.40. The summed E-state index contributed by atoms with van der Waals surface area (Å²) >= 11 is 0. The Labute approximate surface area is 480 Å². The number of nitrogens with zero attached hydrogens (tertiary/aromatic N) is 2. The Hall–Kier alpha value is -11.6. The molecule has 0 aliphatic carbocycles. The van der Waals surface area contributed by atoms with Gasteiger partial charge < -0.3 is 71.7 Å². The molecular weight excluding hydrogens is 1100 g/mol. The van der Waals surface area contributed by atoms with Gasteiger partial charge in [0.05, 0.1) is 55.6 Å². The number of benzene rings is 4. The summed E-state index contributed by atoms with van der Waals surface area (Å²) in [4.78, 5) is 113. The average molecular weight is 1150 g/mol. The zero-order chi connectivity index (χ0) is 60.6. The van der Waals surface area contributed by atoms with Gasteiger partial charge in [0.25, 0.3) is 0 Å². The molecule has 13 N–H and O–H groups in total. The molecule has 5 heterocycles. The highest BCUT2D eigenvalue weighted by atomic mass is 16.5. The molecule has 0 amide bonds. The first kappa shape index (κ1) is 58.1. The Bertz CT molecular complexity index is 3960. The van der Waals surface area contributed by atoms with E-state index in [-0.39, 0.29) is 0 Å². The fraction of sp³-hybridized carbons (Fsp3) is 0.148. The van der Waals surface area contributed by atoms with Gasteiger partial charge >= 0.3 is 47.8 Å². The highest BCUT2D eigenvalue weighted by Gasteiger charge is 2.26. The van der Waals surface area contributed by atoms with Crippen LogP contribution in [0.4, 0.5) is 22.7 Å². The van der Waals surface area contributed by atoms with Gasteiger partial charge in [0.2, 0.25) is 0 Å². The van der Waals surface area contributed by atoms with Crippen LogP contribution in [-0.4, -0.2) is 135 Å². The normalized spacial score (nSPS) is 12.9. The minimum absolute atomic E-state index is 0.319. The number of nitrogens with one attached hydrogen (secondary N) is 6. The number of methoxy groups -OCH3 is 1. The molecule has 7 aromatic rings. The predicted octanol–water partition coefficient (Wildman–Crippen LogP) is 8.77. The molecule has 0 radical (unpaired) electrons. The van der Waals surface area contributed by atoms with E-state index in [1.165, 1.54) is 0 Å². The van der Waals surface area contributed by atoms with Gasteiger partial charge in [-0.15, -0.1) is 0 Å². The Morgan fingerprint density at radius 1 is 0.365 bits per heavy atom. The van der Waals surface area contributed by atoms with Gasteiger partial charge in [0.15, 0.2) is 0 Å². The summed E-state index contributed by atoms with van der Waals surface area (Å²) < 4.78 is 4.86. The molecule has 24 heteroatoms. The van der Waals surface area contributed by atoms with Crippen LogP contribution in [0.2, 0.25) is 0 Å². The molecule has 0 saturated heterocycles. The molecule has 0 saturated carbocycles. The van der Waals surface area contributed by atoms with Gasteiger partial charge in [-0.1, -0.05) is 48.5 Å². The minimum atomic E-state index is -1.44. The second-order valence-corrected chi connectivity index (χ2v) is 19.5. The third kappa shape index (κ3) is 13.6. The molecule has 0 spiro atoms. The molecule has 9 rings (SSSR count). The number of ether oxygens (including phenoxy) is 1. The maximum absolute atomic E-state index is 12.6. The second-order valence-electron chi connectivity index (χ2n) is 19.5. The van der Waals surface area contributed by atoms with Crippen LogP contribution >= 0.6 is 0 Å². The third-order valence-corrected chi connectivity index (χ3v) is 13.7. The van der Waals surface area contributed by atoms with E-state index in [1.54, 1.807) is 109 Å². The Kier molecular flexibility index (Phi) is 17.1. The van der Waals surface area contributed by atoms with Crippen LogP contribution in [0.5, 0.6) is 0 Å². The van der Waals surface area contributed by atoms with Gasteiger partial charge in [-0.3, -0.25) is 19.2 Å². The van der Waals surface area contributed by atoms with E-state index in [9.17, 15) is 74.1 Å². The summed E-state index contributed by atoms with van der Waals surface area (Å²) in [6, 6.07) is 28.7. The molecule has 4 atom stereocenters. The Morgan fingerprint density at radius 3 is 0.800 bits per heavy atom. The Morgan fingerprint density at radius 2 is 0.588 bits per heavy atom. The van der Waals surface area contributed by atoms with E-state index < -0.39 is 97.6 Å². The van der Waals surface area contributed by atoms with Crippen molar-refractivity contribution in [3.05, 3.63) is 144 Å². The minimum Gasteiger partial charge on any atom is -0.481 e. The zero-order valence-electron chi connectivity index (χ0n) is 44.7. The molecular formula is C61H52N8O16. The van der Waals surface area contributed by atoms with Crippen LogP contribution in [0.15, 0.2) is 121 Å². The number of aromatic nitrogens is 4. The summed E-state index contributed by atoms with van der Waals surface area (Å²) in [5.41, 5.74) is 10.0. The second kappa shape index (κ2) is 25.1. The lowest BCUT2D eigenvalue weighted by Gasteiger charge is -2.16. The summed E-state index contributed by atoms with van der Waals surface area (Å²) in [5.74, 6) is -10.0. The smallest absolute Gasteiger partial charge is 0.328 e. The van der Waals surface area contributed by atoms with E-state index in [1.807, 2.05) is 36.4 Å². The van der Waals surface area contributed by atoms with Gasteiger partial charge in [0, 0.05) is 67.1 Å². The quantitative estimate of drug-likeness (QED) is 0.0251. The maximum Gasteiger partial charge on any atom is 0.328 e. The standard InChI is InChI=1S/C61H52N8O16/c1-85-61(84)49(29-53(76)77)65-37-16-8-33(9-17-37)57-44-24-22-42(68-44)55(31-4-12-35(13-5-31)63-47(59(80)81)27-51(72)73)40-20-18-38(66-40)54(30-2-10-34(11-3-30)62-46(58(78)79)26-50(70)71)39-19-21-41(67-39)56(43-23-25-45(57)69-43)32-6-14-36(15-7-32)64-48(60(82)83)28-52(74)75/h2-25,46-49,62-66,69H,26-29H2,1H3,(H,70,71)(H,72,73)(H,74,75)(H,76,77)(H,78,79)(H,80,81)(H,82,83)/t46-,47-,48-,49-/m0/s1. The lowest BCUT2D eigenvalue weighted by atomic mass is 10.0. The number of H-pyrrole nitrogens is 2. The lowest BCUT2D eigenvalue weighted by molar-refractivity contribution is -0.146. The molecule has 8 bridgehead atoms. The van der Waals surface area contributed by atoms with Crippen LogP contribution in [0, 0.1) is 0 Å². The number of aliphatic carboxylic acids is 7. The topological polar surface area (TPSA) is 393 Å². The molecule has 85 heavy (non-hydrogen) atoms. The molecule has 24 nitrogen and oxygen atoms in total. The van der Waals surface area contributed by atoms with Crippen molar-refractivity contribution in [3.63, 3.8) is 0 Å². The van der Waals surface area contributed by atoms with Crippen LogP contribution in [0.25, 0.3) is 90.9 Å². The fourth-order valence-corrected chi connectivity index (χ4v) is 9.79. The van der Waals surface area contributed by atoms with Crippen molar-refractivity contribution >= 4 is 117 Å². The first-order valence-corrected chi connectivity index (χ1v) is 26.0. The highest BCUT2D eigenvalue weighted by molar-refractivity contribution is 6.01. The van der Waals surface area contributed by atoms with E-state index in [2.05, 4.69) is 31.2 Å². The van der Waals surface area contributed by atoms with Crippen molar-refractivity contribution in [2.45, 2.75) is 49.9 Å². The van der Waals surface area contributed by atoms with Crippen molar-refractivity contribution < 1.29 is 78.8 Å². The van der Waals surface area contributed by atoms with Crippen molar-refractivity contribution in [1.82, 2.24) is 19.9 Å². The monoisotopic (exact) mass is 1150 g/mol.